The first kappa shape index (κ1) is 24.1. The highest BCUT2D eigenvalue weighted by atomic mass is 32.2. The number of aromatic nitrogens is 2. The van der Waals surface area contributed by atoms with Crippen LogP contribution in [0.5, 0.6) is 5.75 Å². The Balaban J connectivity index is 1.41. The van der Waals surface area contributed by atoms with E-state index in [1.165, 1.54) is 5.56 Å². The van der Waals surface area contributed by atoms with Gasteiger partial charge in [-0.05, 0) is 42.3 Å². The molecule has 1 unspecified atom stereocenters. The molecule has 188 valence electrons. The summed E-state index contributed by atoms with van der Waals surface area (Å²) in [6.07, 6.45) is 0. The van der Waals surface area contributed by atoms with Gasteiger partial charge in [-0.2, -0.15) is 5.10 Å². The number of amides is 1. The van der Waals surface area contributed by atoms with E-state index < -0.39 is 0 Å². The van der Waals surface area contributed by atoms with Gasteiger partial charge in [0.05, 0.1) is 22.4 Å². The number of nitrogens with one attached hydrogen (secondary N) is 1. The van der Waals surface area contributed by atoms with Crippen molar-refractivity contribution >= 4 is 23.5 Å². The fourth-order valence-electron chi connectivity index (χ4n) is 4.63. The Kier molecular flexibility index (Phi) is 6.71. The molecule has 0 fully saturated rings. The van der Waals surface area contributed by atoms with Crippen molar-refractivity contribution < 1.29 is 9.53 Å². The molecule has 1 atom stereocenters. The zero-order chi connectivity index (χ0) is 25.9. The summed E-state index contributed by atoms with van der Waals surface area (Å²) in [6, 6.07) is 36.7. The molecule has 1 N–H and O–H groups in total. The lowest BCUT2D eigenvalue weighted by Crippen LogP contribution is -2.15. The maximum absolute atomic E-state index is 12.9. The topological polar surface area (TPSA) is 56.2 Å². The Labute approximate surface area is 226 Å². The lowest BCUT2D eigenvalue weighted by atomic mass is 10.00. The van der Waals surface area contributed by atoms with Gasteiger partial charge < -0.3 is 10.1 Å². The number of hydrogen-bond acceptors (Lipinski definition) is 4. The van der Waals surface area contributed by atoms with Crippen LogP contribution < -0.4 is 10.1 Å². The Bertz CT molecular complexity index is 1550. The molecule has 1 aliphatic rings. The lowest BCUT2D eigenvalue weighted by molar-refractivity contribution is -0.113. The Hall–Kier alpha value is -4.29. The van der Waals surface area contributed by atoms with E-state index in [0.717, 1.165) is 45.2 Å². The van der Waals surface area contributed by atoms with E-state index in [-0.39, 0.29) is 11.2 Å². The molecule has 0 saturated heterocycles. The number of benzene rings is 4. The number of ether oxygens (including phenoxy) is 1. The zero-order valence-electron chi connectivity index (χ0n) is 21.0. The van der Waals surface area contributed by atoms with Gasteiger partial charge in [0.1, 0.15) is 18.2 Å². The number of nitrogens with zero attached hydrogens (tertiary/aromatic N) is 2. The van der Waals surface area contributed by atoms with E-state index in [1.807, 2.05) is 65.3 Å². The number of carbonyl (C=O) groups is 1. The number of carbonyl (C=O) groups excluding carboxylic acids is 1. The zero-order valence-corrected chi connectivity index (χ0v) is 21.8. The first-order valence-corrected chi connectivity index (χ1v) is 13.6. The smallest absolute Gasteiger partial charge is 0.235 e. The van der Waals surface area contributed by atoms with Gasteiger partial charge in [-0.15, -0.1) is 11.8 Å². The maximum Gasteiger partial charge on any atom is 0.235 e. The molecular formula is C32H27N3O2S. The predicted octanol–water partition coefficient (Wildman–Crippen LogP) is 7.20. The second kappa shape index (κ2) is 10.6. The van der Waals surface area contributed by atoms with Gasteiger partial charge in [0.25, 0.3) is 0 Å². The largest absolute Gasteiger partial charge is 0.489 e. The molecule has 2 heterocycles. The van der Waals surface area contributed by atoms with Crippen LogP contribution in [0.3, 0.4) is 0 Å². The number of anilines is 1. The molecule has 6 rings (SSSR count). The molecule has 5 nitrogen and oxygen atoms in total. The highest BCUT2D eigenvalue weighted by molar-refractivity contribution is 8.00. The molecule has 4 aromatic carbocycles. The van der Waals surface area contributed by atoms with Crippen molar-refractivity contribution in [1.29, 1.82) is 0 Å². The van der Waals surface area contributed by atoms with Crippen molar-refractivity contribution in [2.75, 3.05) is 11.1 Å². The molecule has 5 aromatic rings. The van der Waals surface area contributed by atoms with Crippen molar-refractivity contribution in [3.8, 4) is 22.7 Å². The van der Waals surface area contributed by atoms with E-state index >= 15 is 0 Å². The van der Waals surface area contributed by atoms with Crippen LogP contribution in [0.2, 0.25) is 0 Å². The molecule has 1 aromatic heterocycles. The van der Waals surface area contributed by atoms with Gasteiger partial charge in [0.15, 0.2) is 0 Å². The van der Waals surface area contributed by atoms with Crippen LogP contribution in [0.1, 0.15) is 27.5 Å². The first-order valence-electron chi connectivity index (χ1n) is 12.6. The van der Waals surface area contributed by atoms with Crippen LogP contribution in [0.25, 0.3) is 16.9 Å². The molecule has 38 heavy (non-hydrogen) atoms. The fourth-order valence-corrected chi connectivity index (χ4v) is 5.76. The summed E-state index contributed by atoms with van der Waals surface area (Å²) in [5, 5.41) is 8.14. The van der Waals surface area contributed by atoms with Gasteiger partial charge in [-0.3, -0.25) is 4.79 Å². The van der Waals surface area contributed by atoms with Gasteiger partial charge in [0.2, 0.25) is 5.91 Å². The molecule has 6 heteroatoms. The summed E-state index contributed by atoms with van der Waals surface area (Å²) in [4.78, 5) is 12.9. The van der Waals surface area contributed by atoms with Gasteiger partial charge in [-0.1, -0.05) is 90.5 Å². The normalized spacial score (nSPS) is 14.9. The average molecular weight is 518 g/mol. The van der Waals surface area contributed by atoms with Gasteiger partial charge in [0, 0.05) is 11.1 Å². The van der Waals surface area contributed by atoms with Crippen molar-refractivity contribution in [2.24, 2.45) is 0 Å². The monoisotopic (exact) mass is 517 g/mol. The van der Waals surface area contributed by atoms with Crippen LogP contribution in [-0.2, 0) is 11.4 Å². The number of thioether (sulfide) groups is 1. The molecule has 0 saturated carbocycles. The summed E-state index contributed by atoms with van der Waals surface area (Å²) in [5.41, 5.74) is 7.18. The van der Waals surface area contributed by atoms with Crippen molar-refractivity contribution in [3.63, 3.8) is 0 Å². The van der Waals surface area contributed by atoms with Crippen LogP contribution in [0.4, 0.5) is 5.82 Å². The van der Waals surface area contributed by atoms with Crippen LogP contribution in [-0.4, -0.2) is 21.4 Å². The lowest BCUT2D eigenvalue weighted by Gasteiger charge is -2.17. The number of aryl methyl sites for hydroxylation is 1. The van der Waals surface area contributed by atoms with Crippen molar-refractivity contribution in [1.82, 2.24) is 9.78 Å². The maximum atomic E-state index is 12.9. The Morgan fingerprint density at radius 2 is 1.58 bits per heavy atom. The minimum atomic E-state index is -0.0819. The van der Waals surface area contributed by atoms with E-state index in [1.54, 1.807) is 11.8 Å². The standard InChI is InChI=1S/C32H27N3O2S/c1-22-12-16-26(17-13-22)35-32-29(30(34-35)24-10-6-3-7-11-24)31(38-21-28(36)33-32)25-14-18-27(19-15-25)37-20-23-8-4-2-5-9-23/h2-19,31H,20-21H2,1H3,(H,33,36). The predicted molar refractivity (Wildman–Crippen MR) is 154 cm³/mol. The SMILES string of the molecule is Cc1ccc(-n2nc(-c3ccccc3)c3c2NC(=O)CSC3c2ccc(OCc3ccccc3)cc2)cc1. The Morgan fingerprint density at radius 3 is 2.29 bits per heavy atom. The van der Waals surface area contributed by atoms with Gasteiger partial charge in [-0.25, -0.2) is 4.68 Å². The van der Waals surface area contributed by atoms with E-state index in [4.69, 9.17) is 9.84 Å². The molecule has 0 aliphatic carbocycles. The van der Waals surface area contributed by atoms with Crippen molar-refractivity contribution in [2.45, 2.75) is 18.8 Å². The van der Waals surface area contributed by atoms with E-state index in [2.05, 4.69) is 60.8 Å². The quantitative estimate of drug-likeness (QED) is 0.259. The highest BCUT2D eigenvalue weighted by Gasteiger charge is 2.32. The number of rotatable bonds is 6. The summed E-state index contributed by atoms with van der Waals surface area (Å²) in [7, 11) is 0. The number of fused-ring (bicyclic) bond motifs is 1. The van der Waals surface area contributed by atoms with Crippen LogP contribution in [0, 0.1) is 6.92 Å². The molecule has 1 aliphatic heterocycles. The number of hydrogen-bond donors (Lipinski definition) is 1. The summed E-state index contributed by atoms with van der Waals surface area (Å²) in [6.45, 7) is 2.58. The average Bonchev–Trinajstić information content (AvgIpc) is 3.23. The third kappa shape index (κ3) is 4.95. The fraction of sp³-hybridized carbons (Fsp3) is 0.125. The summed E-state index contributed by atoms with van der Waals surface area (Å²) in [5.74, 6) is 1.85. The van der Waals surface area contributed by atoms with Gasteiger partial charge >= 0.3 is 0 Å². The highest BCUT2D eigenvalue weighted by Crippen LogP contribution is 2.47. The minimum Gasteiger partial charge on any atom is -0.489 e. The molecule has 1 amide bonds. The molecule has 0 radical (unpaired) electrons. The molecular weight excluding hydrogens is 490 g/mol. The van der Waals surface area contributed by atoms with E-state index in [0.29, 0.717) is 12.4 Å². The molecule has 0 bridgehead atoms. The second-order valence-corrected chi connectivity index (χ2v) is 10.4. The minimum absolute atomic E-state index is 0.0329. The van der Waals surface area contributed by atoms with Crippen LogP contribution >= 0.6 is 11.8 Å². The third-order valence-electron chi connectivity index (χ3n) is 6.58. The first-order chi connectivity index (χ1) is 18.7. The summed E-state index contributed by atoms with van der Waals surface area (Å²) >= 11 is 1.62. The summed E-state index contributed by atoms with van der Waals surface area (Å²) < 4.78 is 7.89. The second-order valence-electron chi connectivity index (χ2n) is 9.31. The van der Waals surface area contributed by atoms with Crippen molar-refractivity contribution in [3.05, 3.63) is 131 Å². The Morgan fingerprint density at radius 1 is 0.895 bits per heavy atom. The van der Waals surface area contributed by atoms with Crippen LogP contribution in [0.15, 0.2) is 109 Å². The third-order valence-corrected chi connectivity index (χ3v) is 7.85. The van der Waals surface area contributed by atoms with E-state index in [9.17, 15) is 4.79 Å². The molecule has 0 spiro atoms.